The van der Waals surface area contributed by atoms with E-state index in [9.17, 15) is 20.0 Å². The quantitative estimate of drug-likeness (QED) is 0.276. The van der Waals surface area contributed by atoms with Gasteiger partial charge in [0.05, 0.1) is 16.2 Å². The third-order valence-corrected chi connectivity index (χ3v) is 3.43. The molecule has 3 N–H and O–H groups in total. The van der Waals surface area contributed by atoms with E-state index < -0.39 is 10.9 Å². The molecule has 0 fully saturated rings. The van der Waals surface area contributed by atoms with E-state index in [4.69, 9.17) is 5.26 Å². The second-order valence-electron chi connectivity index (χ2n) is 3.96. The molecule has 0 bridgehead atoms. The van der Waals surface area contributed by atoms with E-state index in [1.54, 1.807) is 22.6 Å². The van der Waals surface area contributed by atoms with Crippen LogP contribution in [0.2, 0.25) is 0 Å². The number of aromatic nitrogens is 4. The van der Waals surface area contributed by atoms with Crippen LogP contribution in [0.4, 0.5) is 11.4 Å². The first-order chi connectivity index (χ1) is 10.9. The van der Waals surface area contributed by atoms with Crippen LogP contribution in [0.1, 0.15) is 16.2 Å². The third-order valence-electron chi connectivity index (χ3n) is 2.58. The summed E-state index contributed by atoms with van der Waals surface area (Å²) < 4.78 is 0.302. The Hall–Kier alpha value is -3.08. The molecule has 1 aromatic carbocycles. The molecule has 12 heteroatoms. The normalized spacial score (nSPS) is 10.9. The Kier molecular flexibility index (Phi) is 4.81. The second kappa shape index (κ2) is 6.79. The predicted molar refractivity (Wildman–Crippen MR) is 84.2 cm³/mol. The summed E-state index contributed by atoms with van der Waals surface area (Å²) in [7, 11) is 0. The SMILES string of the molecule is N#CC(=CNc1c(I)cc([N+](=O)[O-])cc1C(=O)O)c1nn[nH]n1. The molecule has 23 heavy (non-hydrogen) atoms. The number of non-ortho nitro benzene ring substituents is 1. The first kappa shape index (κ1) is 16.3. The molecule has 0 aliphatic rings. The first-order valence-corrected chi connectivity index (χ1v) is 6.83. The van der Waals surface area contributed by atoms with Crippen molar-refractivity contribution in [2.24, 2.45) is 0 Å². The topological polar surface area (TPSA) is 171 Å². The third kappa shape index (κ3) is 3.58. The maximum atomic E-state index is 11.3. The molecule has 0 unspecified atom stereocenters. The summed E-state index contributed by atoms with van der Waals surface area (Å²) in [4.78, 5) is 21.4. The highest BCUT2D eigenvalue weighted by molar-refractivity contribution is 14.1. The molecular weight excluding hydrogens is 421 g/mol. The lowest BCUT2D eigenvalue weighted by Crippen LogP contribution is -2.06. The summed E-state index contributed by atoms with van der Waals surface area (Å²) in [6.07, 6.45) is 1.20. The molecule has 0 saturated carbocycles. The number of aromatic amines is 1. The molecule has 2 aromatic rings. The first-order valence-electron chi connectivity index (χ1n) is 5.76. The van der Waals surface area contributed by atoms with Gasteiger partial charge in [0.1, 0.15) is 11.6 Å². The van der Waals surface area contributed by atoms with E-state index >= 15 is 0 Å². The standard InChI is InChI=1S/C11H6IN7O4/c12-8-2-6(19(22)23)1-7(11(20)21)9(8)14-4-5(3-13)10-15-17-18-16-10/h1-2,4,14H,(H,20,21)(H,15,16,17,18). The van der Waals surface area contributed by atoms with Crippen molar-refractivity contribution in [2.45, 2.75) is 0 Å². The molecule has 1 aromatic heterocycles. The fourth-order valence-corrected chi connectivity index (χ4v) is 2.35. The van der Waals surface area contributed by atoms with Crippen molar-refractivity contribution in [3.8, 4) is 6.07 Å². The molecule has 2 rings (SSSR count). The largest absolute Gasteiger partial charge is 0.478 e. The van der Waals surface area contributed by atoms with Gasteiger partial charge in [0.15, 0.2) is 0 Å². The van der Waals surface area contributed by atoms with E-state index in [1.165, 1.54) is 12.3 Å². The van der Waals surface area contributed by atoms with Crippen LogP contribution in [0.3, 0.4) is 0 Å². The Bertz CT molecular complexity index is 841. The van der Waals surface area contributed by atoms with Crippen LogP contribution in [-0.2, 0) is 0 Å². The summed E-state index contributed by atoms with van der Waals surface area (Å²) in [5.74, 6) is -1.32. The molecule has 11 nitrogen and oxygen atoms in total. The van der Waals surface area contributed by atoms with Gasteiger partial charge in [-0.15, -0.1) is 10.2 Å². The number of carbonyl (C=O) groups is 1. The van der Waals surface area contributed by atoms with Gasteiger partial charge in [-0.1, -0.05) is 0 Å². The molecule has 0 aliphatic carbocycles. The number of hydrogen-bond acceptors (Lipinski definition) is 8. The summed E-state index contributed by atoms with van der Waals surface area (Å²) in [6, 6.07) is 3.97. The Morgan fingerprint density at radius 1 is 1.57 bits per heavy atom. The molecule has 1 heterocycles. The van der Waals surface area contributed by atoms with Crippen molar-refractivity contribution >= 4 is 45.5 Å². The molecular formula is C11H6IN7O4. The number of tetrazole rings is 1. The lowest BCUT2D eigenvalue weighted by atomic mass is 10.1. The zero-order valence-corrected chi connectivity index (χ0v) is 13.2. The van der Waals surface area contributed by atoms with Gasteiger partial charge >= 0.3 is 5.97 Å². The van der Waals surface area contributed by atoms with Crippen molar-refractivity contribution in [3.05, 3.63) is 43.4 Å². The number of anilines is 1. The molecule has 0 spiro atoms. The average molecular weight is 427 g/mol. The average Bonchev–Trinajstić information content (AvgIpc) is 3.02. The molecule has 0 saturated heterocycles. The monoisotopic (exact) mass is 427 g/mol. The van der Waals surface area contributed by atoms with Gasteiger partial charge in [-0.25, -0.2) is 4.79 Å². The van der Waals surface area contributed by atoms with Crippen LogP contribution in [0.25, 0.3) is 5.57 Å². The number of nitro groups is 1. The number of benzene rings is 1. The Morgan fingerprint density at radius 3 is 2.83 bits per heavy atom. The van der Waals surface area contributed by atoms with Crippen LogP contribution in [0.15, 0.2) is 18.3 Å². The summed E-state index contributed by atoms with van der Waals surface area (Å²) in [6.45, 7) is 0. The zero-order chi connectivity index (χ0) is 17.0. The number of H-pyrrole nitrogens is 1. The van der Waals surface area contributed by atoms with Crippen molar-refractivity contribution in [1.29, 1.82) is 5.26 Å². The number of hydrogen-bond donors (Lipinski definition) is 3. The number of carboxylic acids is 1. The van der Waals surface area contributed by atoms with Crippen LogP contribution >= 0.6 is 22.6 Å². The maximum absolute atomic E-state index is 11.3. The molecule has 0 aliphatic heterocycles. The second-order valence-corrected chi connectivity index (χ2v) is 5.12. The van der Waals surface area contributed by atoms with Gasteiger partial charge in [-0.05, 0) is 27.8 Å². The zero-order valence-electron chi connectivity index (χ0n) is 11.0. The lowest BCUT2D eigenvalue weighted by molar-refractivity contribution is -0.385. The van der Waals surface area contributed by atoms with Gasteiger partial charge < -0.3 is 10.4 Å². The summed E-state index contributed by atoms with van der Waals surface area (Å²) in [5.41, 5.74) is -0.533. The Balaban J connectivity index is 2.45. The van der Waals surface area contributed by atoms with E-state index in [-0.39, 0.29) is 28.3 Å². The van der Waals surface area contributed by atoms with E-state index in [2.05, 4.69) is 25.9 Å². The number of halogens is 1. The van der Waals surface area contributed by atoms with Gasteiger partial charge in [-0.3, -0.25) is 10.1 Å². The maximum Gasteiger partial charge on any atom is 0.338 e. The minimum Gasteiger partial charge on any atom is -0.478 e. The Labute approximate surface area is 141 Å². The molecule has 0 atom stereocenters. The van der Waals surface area contributed by atoms with E-state index in [0.717, 1.165) is 6.07 Å². The van der Waals surface area contributed by atoms with Crippen LogP contribution in [0.5, 0.6) is 0 Å². The fourth-order valence-electron chi connectivity index (χ4n) is 1.58. The molecule has 116 valence electrons. The van der Waals surface area contributed by atoms with Crippen LogP contribution in [0, 0.1) is 25.0 Å². The van der Waals surface area contributed by atoms with Crippen LogP contribution in [-0.4, -0.2) is 36.6 Å². The minimum absolute atomic E-state index is 0.00393. The van der Waals surface area contributed by atoms with Crippen molar-refractivity contribution in [1.82, 2.24) is 20.6 Å². The highest BCUT2D eigenvalue weighted by Gasteiger charge is 2.19. The minimum atomic E-state index is -1.35. The van der Waals surface area contributed by atoms with Gasteiger partial charge in [-0.2, -0.15) is 10.5 Å². The van der Waals surface area contributed by atoms with Gasteiger partial charge in [0.2, 0.25) is 5.82 Å². The smallest absolute Gasteiger partial charge is 0.338 e. The van der Waals surface area contributed by atoms with Crippen molar-refractivity contribution in [3.63, 3.8) is 0 Å². The highest BCUT2D eigenvalue weighted by atomic mass is 127. The molecule has 0 radical (unpaired) electrons. The van der Waals surface area contributed by atoms with Crippen molar-refractivity contribution in [2.75, 3.05) is 5.32 Å². The van der Waals surface area contributed by atoms with E-state index in [0.29, 0.717) is 3.57 Å². The number of rotatable bonds is 5. The van der Waals surface area contributed by atoms with Crippen LogP contribution < -0.4 is 5.32 Å². The Morgan fingerprint density at radius 2 is 2.30 bits per heavy atom. The fraction of sp³-hybridized carbons (Fsp3) is 0. The predicted octanol–water partition coefficient (Wildman–Crippen LogP) is 1.39. The van der Waals surface area contributed by atoms with Gasteiger partial charge in [0.25, 0.3) is 5.69 Å². The number of allylic oxidation sites excluding steroid dienone is 1. The number of aromatic carboxylic acids is 1. The highest BCUT2D eigenvalue weighted by Crippen LogP contribution is 2.29. The number of nitriles is 1. The van der Waals surface area contributed by atoms with Gasteiger partial charge in [0, 0.05) is 21.9 Å². The summed E-state index contributed by atoms with van der Waals surface area (Å²) >= 11 is 1.76. The van der Waals surface area contributed by atoms with E-state index in [1.807, 2.05) is 6.07 Å². The number of nitro benzene ring substituents is 1. The number of nitrogens with one attached hydrogen (secondary N) is 2. The lowest BCUT2D eigenvalue weighted by Gasteiger charge is -2.08. The molecule has 0 amide bonds. The van der Waals surface area contributed by atoms with Crippen molar-refractivity contribution < 1.29 is 14.8 Å². The number of carboxylic acid groups (broad SMARTS) is 1. The summed E-state index contributed by atoms with van der Waals surface area (Å²) in [5, 5.41) is 44.5. The number of nitrogens with zero attached hydrogens (tertiary/aromatic N) is 5.